The third-order valence-corrected chi connectivity index (χ3v) is 2.67. The fraction of sp³-hybridized carbons (Fsp3) is 0.462. The molecule has 1 N–H and O–H groups in total. The largest absolute Gasteiger partial charge is 0.388 e. The molecular weight excluding hydrogens is 202 g/mol. The maximum absolute atomic E-state index is 11.8. The van der Waals surface area contributed by atoms with Gasteiger partial charge in [-0.3, -0.25) is 4.79 Å². The highest BCUT2D eigenvalue weighted by molar-refractivity contribution is 5.76. The first-order valence-electron chi connectivity index (χ1n) is 5.69. The highest BCUT2D eigenvalue weighted by atomic mass is 16.3. The Bertz CT molecular complexity index is 320. The fourth-order valence-electron chi connectivity index (χ4n) is 1.66. The van der Waals surface area contributed by atoms with Crippen molar-refractivity contribution < 1.29 is 9.90 Å². The third kappa shape index (κ3) is 3.35. The Morgan fingerprint density at radius 2 is 1.81 bits per heavy atom. The number of benzene rings is 1. The summed E-state index contributed by atoms with van der Waals surface area (Å²) in [5.74, 6) is 0.00125. The topological polar surface area (TPSA) is 40.5 Å². The standard InChI is InChI=1S/C13H19NO2/c1-3-14(4-2)13(16)10-12(15)11-8-6-5-7-9-11/h5-9,12,15H,3-4,10H2,1-2H3/t12-/m1/s1. The predicted molar refractivity (Wildman–Crippen MR) is 63.9 cm³/mol. The summed E-state index contributed by atoms with van der Waals surface area (Å²) >= 11 is 0. The SMILES string of the molecule is CCN(CC)C(=O)C[C@@H](O)c1ccccc1. The molecule has 0 aromatic heterocycles. The lowest BCUT2D eigenvalue weighted by Crippen LogP contribution is -2.31. The van der Waals surface area contributed by atoms with Crippen LogP contribution in [-0.4, -0.2) is 29.0 Å². The molecule has 0 unspecified atom stereocenters. The van der Waals surface area contributed by atoms with Gasteiger partial charge in [0.15, 0.2) is 0 Å². The minimum atomic E-state index is -0.700. The highest BCUT2D eigenvalue weighted by Gasteiger charge is 2.16. The summed E-state index contributed by atoms with van der Waals surface area (Å²) in [6.07, 6.45) is -0.541. The van der Waals surface area contributed by atoms with Crippen molar-refractivity contribution in [3.05, 3.63) is 35.9 Å². The van der Waals surface area contributed by atoms with Gasteiger partial charge >= 0.3 is 0 Å². The van der Waals surface area contributed by atoms with Gasteiger partial charge in [-0.05, 0) is 19.4 Å². The van der Waals surface area contributed by atoms with Crippen molar-refractivity contribution in [2.75, 3.05) is 13.1 Å². The van der Waals surface area contributed by atoms with Crippen LogP contribution < -0.4 is 0 Å². The molecule has 0 radical (unpaired) electrons. The van der Waals surface area contributed by atoms with Crippen LogP contribution in [-0.2, 0) is 4.79 Å². The smallest absolute Gasteiger partial charge is 0.225 e. The van der Waals surface area contributed by atoms with Crippen molar-refractivity contribution in [2.24, 2.45) is 0 Å². The van der Waals surface area contributed by atoms with E-state index in [1.807, 2.05) is 44.2 Å². The maximum atomic E-state index is 11.8. The zero-order valence-corrected chi connectivity index (χ0v) is 9.89. The van der Waals surface area contributed by atoms with Crippen LogP contribution in [0.2, 0.25) is 0 Å². The van der Waals surface area contributed by atoms with Crippen LogP contribution in [0.3, 0.4) is 0 Å². The summed E-state index contributed by atoms with van der Waals surface area (Å²) in [7, 11) is 0. The average Bonchev–Trinajstić information content (AvgIpc) is 2.31. The van der Waals surface area contributed by atoms with Crippen LogP contribution in [0.4, 0.5) is 0 Å². The van der Waals surface area contributed by atoms with Gasteiger partial charge in [-0.2, -0.15) is 0 Å². The molecule has 0 heterocycles. The number of hydrogen-bond donors (Lipinski definition) is 1. The normalized spacial score (nSPS) is 12.2. The zero-order valence-electron chi connectivity index (χ0n) is 9.89. The third-order valence-electron chi connectivity index (χ3n) is 2.67. The Morgan fingerprint density at radius 1 is 1.25 bits per heavy atom. The first-order valence-corrected chi connectivity index (χ1v) is 5.69. The zero-order chi connectivity index (χ0) is 12.0. The lowest BCUT2D eigenvalue weighted by Gasteiger charge is -2.20. The molecule has 1 amide bonds. The molecule has 3 nitrogen and oxygen atoms in total. The maximum Gasteiger partial charge on any atom is 0.225 e. The van der Waals surface area contributed by atoms with Gasteiger partial charge in [0.25, 0.3) is 0 Å². The monoisotopic (exact) mass is 221 g/mol. The van der Waals surface area contributed by atoms with E-state index >= 15 is 0 Å². The Balaban J connectivity index is 2.58. The Kier molecular flexibility index (Phi) is 4.99. The van der Waals surface area contributed by atoms with E-state index in [1.165, 1.54) is 0 Å². The van der Waals surface area contributed by atoms with E-state index in [0.29, 0.717) is 13.1 Å². The van der Waals surface area contributed by atoms with E-state index in [-0.39, 0.29) is 12.3 Å². The van der Waals surface area contributed by atoms with E-state index in [2.05, 4.69) is 0 Å². The molecule has 0 aliphatic heterocycles. The number of nitrogens with zero attached hydrogens (tertiary/aromatic N) is 1. The quantitative estimate of drug-likeness (QED) is 0.826. The van der Waals surface area contributed by atoms with Gasteiger partial charge in [-0.15, -0.1) is 0 Å². The molecular formula is C13H19NO2. The second-order valence-electron chi connectivity index (χ2n) is 3.70. The van der Waals surface area contributed by atoms with Crippen LogP contribution in [0.1, 0.15) is 31.9 Å². The fourth-order valence-corrected chi connectivity index (χ4v) is 1.66. The molecule has 0 aliphatic carbocycles. The van der Waals surface area contributed by atoms with Crippen molar-refractivity contribution >= 4 is 5.91 Å². The molecule has 88 valence electrons. The van der Waals surface area contributed by atoms with Crippen molar-refractivity contribution in [1.82, 2.24) is 4.90 Å². The van der Waals surface area contributed by atoms with Gasteiger partial charge in [-0.25, -0.2) is 0 Å². The van der Waals surface area contributed by atoms with Gasteiger partial charge in [0.05, 0.1) is 12.5 Å². The van der Waals surface area contributed by atoms with Gasteiger partial charge in [0.1, 0.15) is 0 Å². The van der Waals surface area contributed by atoms with E-state index in [9.17, 15) is 9.90 Å². The van der Waals surface area contributed by atoms with Gasteiger partial charge in [-0.1, -0.05) is 30.3 Å². The van der Waals surface area contributed by atoms with Crippen LogP contribution in [0, 0.1) is 0 Å². The van der Waals surface area contributed by atoms with E-state index in [0.717, 1.165) is 5.56 Å². The van der Waals surface area contributed by atoms with E-state index in [4.69, 9.17) is 0 Å². The number of hydrogen-bond acceptors (Lipinski definition) is 2. The van der Waals surface area contributed by atoms with E-state index in [1.54, 1.807) is 4.90 Å². The summed E-state index contributed by atoms with van der Waals surface area (Å²) in [5, 5.41) is 9.88. The van der Waals surface area contributed by atoms with Crippen LogP contribution in [0.15, 0.2) is 30.3 Å². The summed E-state index contributed by atoms with van der Waals surface area (Å²) in [6.45, 7) is 5.26. The van der Waals surface area contributed by atoms with Gasteiger partial charge in [0, 0.05) is 13.1 Å². The first-order chi connectivity index (χ1) is 7.69. The molecule has 0 saturated heterocycles. The molecule has 0 saturated carbocycles. The Labute approximate surface area is 96.7 Å². The lowest BCUT2D eigenvalue weighted by molar-refractivity contribution is -0.132. The Morgan fingerprint density at radius 3 is 2.31 bits per heavy atom. The second kappa shape index (κ2) is 6.28. The van der Waals surface area contributed by atoms with Crippen molar-refractivity contribution in [1.29, 1.82) is 0 Å². The van der Waals surface area contributed by atoms with Gasteiger partial charge in [0.2, 0.25) is 5.91 Å². The average molecular weight is 221 g/mol. The summed E-state index contributed by atoms with van der Waals surface area (Å²) in [5.41, 5.74) is 0.794. The summed E-state index contributed by atoms with van der Waals surface area (Å²) in [4.78, 5) is 13.5. The van der Waals surface area contributed by atoms with Crippen molar-refractivity contribution in [3.63, 3.8) is 0 Å². The minimum Gasteiger partial charge on any atom is -0.388 e. The number of amides is 1. The van der Waals surface area contributed by atoms with E-state index < -0.39 is 6.10 Å². The number of carbonyl (C=O) groups is 1. The number of aliphatic hydroxyl groups is 1. The van der Waals surface area contributed by atoms with Crippen molar-refractivity contribution in [2.45, 2.75) is 26.4 Å². The number of aliphatic hydroxyl groups excluding tert-OH is 1. The molecule has 0 aliphatic rings. The first kappa shape index (κ1) is 12.7. The summed E-state index contributed by atoms with van der Waals surface area (Å²) < 4.78 is 0. The molecule has 1 aromatic carbocycles. The molecule has 0 spiro atoms. The van der Waals surface area contributed by atoms with Crippen LogP contribution in [0.25, 0.3) is 0 Å². The molecule has 16 heavy (non-hydrogen) atoms. The molecule has 1 atom stereocenters. The molecule has 1 rings (SSSR count). The van der Waals surface area contributed by atoms with Crippen LogP contribution >= 0.6 is 0 Å². The number of carbonyl (C=O) groups excluding carboxylic acids is 1. The molecule has 0 bridgehead atoms. The second-order valence-corrected chi connectivity index (χ2v) is 3.70. The highest BCUT2D eigenvalue weighted by Crippen LogP contribution is 2.16. The van der Waals surface area contributed by atoms with Gasteiger partial charge < -0.3 is 10.0 Å². The lowest BCUT2D eigenvalue weighted by atomic mass is 10.1. The van der Waals surface area contributed by atoms with Crippen LogP contribution in [0.5, 0.6) is 0 Å². The minimum absolute atomic E-state index is 0.00125. The molecule has 3 heteroatoms. The predicted octanol–water partition coefficient (Wildman–Crippen LogP) is 1.98. The Hall–Kier alpha value is -1.35. The van der Waals surface area contributed by atoms with Crippen molar-refractivity contribution in [3.8, 4) is 0 Å². The summed E-state index contributed by atoms with van der Waals surface area (Å²) in [6, 6.07) is 9.28. The number of rotatable bonds is 5. The molecule has 1 aromatic rings. The molecule has 0 fully saturated rings.